The fourth-order valence-corrected chi connectivity index (χ4v) is 1.94. The number of hydrogen-bond donors (Lipinski definition) is 0. The van der Waals surface area contributed by atoms with Crippen molar-refractivity contribution in [3.63, 3.8) is 0 Å². The van der Waals surface area contributed by atoms with E-state index in [1.807, 2.05) is 0 Å². The highest BCUT2D eigenvalue weighted by Gasteiger charge is 2.09. The lowest BCUT2D eigenvalue weighted by molar-refractivity contribution is 0.552. The van der Waals surface area contributed by atoms with Crippen molar-refractivity contribution in [1.82, 2.24) is 4.98 Å². The Balaban J connectivity index is 2.23. The number of fused-ring (bicyclic) bond motifs is 1. The molecule has 0 saturated heterocycles. The highest BCUT2D eigenvalue weighted by molar-refractivity contribution is 8.13. The van der Waals surface area contributed by atoms with E-state index in [4.69, 9.17) is 15.1 Å². The number of hydrogen-bond acceptors (Lipinski definition) is 4. The smallest absolute Gasteiger partial charge is 0.233 e. The Morgan fingerprint density at radius 3 is 2.93 bits per heavy atom. The van der Waals surface area contributed by atoms with Crippen LogP contribution in [0.15, 0.2) is 28.8 Å². The summed E-state index contributed by atoms with van der Waals surface area (Å²) in [6.07, 6.45) is 1.92. The Hall–Kier alpha value is -1.07. The summed E-state index contributed by atoms with van der Waals surface area (Å²) in [4.78, 5) is 4.07. The minimum Gasteiger partial charge on any atom is -0.459 e. The SMILES string of the molecule is O=S(=O)(Cl)CCc1cc2ncccc2o1. The molecule has 80 valence electrons. The summed E-state index contributed by atoms with van der Waals surface area (Å²) in [5.74, 6) is 0.446. The van der Waals surface area contributed by atoms with Crippen molar-refractivity contribution in [3.05, 3.63) is 30.2 Å². The van der Waals surface area contributed by atoms with Gasteiger partial charge in [0.25, 0.3) is 0 Å². The highest BCUT2D eigenvalue weighted by Crippen LogP contribution is 2.17. The summed E-state index contributed by atoms with van der Waals surface area (Å²) in [6, 6.07) is 5.26. The number of rotatable bonds is 3. The van der Waals surface area contributed by atoms with E-state index < -0.39 is 9.05 Å². The molecule has 0 aliphatic heterocycles. The molecule has 2 rings (SSSR count). The van der Waals surface area contributed by atoms with Crippen LogP contribution in [0.4, 0.5) is 0 Å². The van der Waals surface area contributed by atoms with Crippen LogP contribution in [-0.2, 0) is 15.5 Å². The van der Waals surface area contributed by atoms with Gasteiger partial charge in [-0.05, 0) is 12.1 Å². The van der Waals surface area contributed by atoms with Crippen LogP contribution in [0.3, 0.4) is 0 Å². The topological polar surface area (TPSA) is 60.2 Å². The summed E-state index contributed by atoms with van der Waals surface area (Å²) in [6.45, 7) is 0. The van der Waals surface area contributed by atoms with E-state index in [9.17, 15) is 8.42 Å². The molecule has 0 bridgehead atoms. The molecular formula is C9H8ClNO3S. The fourth-order valence-electron chi connectivity index (χ4n) is 1.27. The third-order valence-corrected chi connectivity index (χ3v) is 3.09. The minimum atomic E-state index is -3.47. The van der Waals surface area contributed by atoms with Crippen LogP contribution in [0.5, 0.6) is 0 Å². The van der Waals surface area contributed by atoms with E-state index in [-0.39, 0.29) is 12.2 Å². The van der Waals surface area contributed by atoms with Gasteiger partial charge in [0.1, 0.15) is 11.3 Å². The van der Waals surface area contributed by atoms with Gasteiger partial charge in [0, 0.05) is 29.4 Å². The van der Waals surface area contributed by atoms with Gasteiger partial charge in [0.2, 0.25) is 9.05 Å². The number of nitrogens with zero attached hydrogens (tertiary/aromatic N) is 1. The van der Waals surface area contributed by atoms with E-state index in [0.717, 1.165) is 5.52 Å². The second-order valence-corrected chi connectivity index (χ2v) is 5.99. The Bertz CT molecular complexity index is 543. The van der Waals surface area contributed by atoms with Crippen LogP contribution in [0.1, 0.15) is 5.76 Å². The third-order valence-electron chi connectivity index (χ3n) is 1.93. The monoisotopic (exact) mass is 245 g/mol. The van der Waals surface area contributed by atoms with E-state index >= 15 is 0 Å². The summed E-state index contributed by atoms with van der Waals surface area (Å²) >= 11 is 0. The first kappa shape index (κ1) is 10.4. The average Bonchev–Trinajstić information content (AvgIpc) is 2.56. The quantitative estimate of drug-likeness (QED) is 0.776. The second kappa shape index (κ2) is 3.83. The Morgan fingerprint density at radius 1 is 1.47 bits per heavy atom. The van der Waals surface area contributed by atoms with Crippen LogP contribution in [0, 0.1) is 0 Å². The van der Waals surface area contributed by atoms with Crippen molar-refractivity contribution in [2.45, 2.75) is 6.42 Å². The molecule has 2 aromatic rings. The largest absolute Gasteiger partial charge is 0.459 e. The number of aryl methyl sites for hydroxylation is 1. The van der Waals surface area contributed by atoms with E-state index in [1.165, 1.54) is 0 Å². The molecule has 0 spiro atoms. The second-order valence-electron chi connectivity index (χ2n) is 3.09. The summed E-state index contributed by atoms with van der Waals surface area (Å²) in [5.41, 5.74) is 1.37. The number of furan rings is 1. The lowest BCUT2D eigenvalue weighted by Crippen LogP contribution is -1.99. The van der Waals surface area contributed by atoms with Gasteiger partial charge in [-0.25, -0.2) is 8.42 Å². The molecule has 0 fully saturated rings. The van der Waals surface area contributed by atoms with E-state index in [2.05, 4.69) is 4.98 Å². The molecule has 4 nitrogen and oxygen atoms in total. The zero-order valence-corrected chi connectivity index (χ0v) is 9.25. The lowest BCUT2D eigenvalue weighted by Gasteiger charge is -1.91. The number of pyridine rings is 1. The summed E-state index contributed by atoms with van der Waals surface area (Å²) < 4.78 is 26.8. The maximum absolute atomic E-state index is 10.7. The van der Waals surface area contributed by atoms with Crippen molar-refractivity contribution in [2.75, 3.05) is 5.75 Å². The van der Waals surface area contributed by atoms with Crippen LogP contribution in [-0.4, -0.2) is 19.2 Å². The van der Waals surface area contributed by atoms with Gasteiger partial charge in [0.15, 0.2) is 5.58 Å². The van der Waals surface area contributed by atoms with Gasteiger partial charge in [-0.3, -0.25) is 4.98 Å². The molecule has 0 atom stereocenters. The lowest BCUT2D eigenvalue weighted by atomic mass is 10.3. The van der Waals surface area contributed by atoms with Gasteiger partial charge in [0.05, 0.1) is 5.75 Å². The standard InChI is InChI=1S/C9H8ClNO3S/c10-15(12,13)5-3-7-6-8-9(14-7)2-1-4-11-8/h1-2,4,6H,3,5H2. The van der Waals surface area contributed by atoms with Crippen LogP contribution in [0.2, 0.25) is 0 Å². The zero-order chi connectivity index (χ0) is 10.9. The molecule has 0 N–H and O–H groups in total. The fraction of sp³-hybridized carbons (Fsp3) is 0.222. The molecule has 0 radical (unpaired) electrons. The third kappa shape index (κ3) is 2.70. The molecule has 0 aromatic carbocycles. The van der Waals surface area contributed by atoms with Crippen LogP contribution in [0.25, 0.3) is 11.1 Å². The molecule has 15 heavy (non-hydrogen) atoms. The average molecular weight is 246 g/mol. The van der Waals surface area contributed by atoms with Gasteiger partial charge < -0.3 is 4.42 Å². The van der Waals surface area contributed by atoms with Crippen LogP contribution < -0.4 is 0 Å². The van der Waals surface area contributed by atoms with Gasteiger partial charge >= 0.3 is 0 Å². The van der Waals surface area contributed by atoms with Gasteiger partial charge in [-0.15, -0.1) is 0 Å². The van der Waals surface area contributed by atoms with Crippen molar-refractivity contribution in [1.29, 1.82) is 0 Å². The van der Waals surface area contributed by atoms with Crippen molar-refractivity contribution < 1.29 is 12.8 Å². The maximum Gasteiger partial charge on any atom is 0.233 e. The van der Waals surface area contributed by atoms with Gasteiger partial charge in [-0.1, -0.05) is 0 Å². The molecule has 0 saturated carbocycles. The van der Waals surface area contributed by atoms with E-state index in [0.29, 0.717) is 11.3 Å². The number of aromatic nitrogens is 1. The zero-order valence-electron chi connectivity index (χ0n) is 7.68. The molecule has 0 amide bonds. The molecule has 2 aromatic heterocycles. The summed E-state index contributed by atoms with van der Waals surface area (Å²) in [5, 5.41) is 0. The Kier molecular flexibility index (Phi) is 2.67. The first-order chi connectivity index (χ1) is 7.04. The molecule has 0 aliphatic carbocycles. The molecule has 6 heteroatoms. The number of halogens is 1. The first-order valence-electron chi connectivity index (χ1n) is 4.30. The predicted molar refractivity (Wildman–Crippen MR) is 57.4 cm³/mol. The first-order valence-corrected chi connectivity index (χ1v) is 6.78. The molecule has 2 heterocycles. The van der Waals surface area contributed by atoms with Gasteiger partial charge in [-0.2, -0.15) is 0 Å². The maximum atomic E-state index is 10.7. The van der Waals surface area contributed by atoms with E-state index in [1.54, 1.807) is 24.4 Å². The predicted octanol–water partition coefficient (Wildman–Crippen LogP) is 1.94. The minimum absolute atomic E-state index is 0.131. The molecule has 0 aliphatic rings. The van der Waals surface area contributed by atoms with Crippen molar-refractivity contribution >= 4 is 30.8 Å². The Labute approximate surface area is 91.3 Å². The summed E-state index contributed by atoms with van der Waals surface area (Å²) in [7, 11) is 1.63. The van der Waals surface area contributed by atoms with Crippen molar-refractivity contribution in [3.8, 4) is 0 Å². The van der Waals surface area contributed by atoms with Crippen molar-refractivity contribution in [2.24, 2.45) is 0 Å². The molecular weight excluding hydrogens is 238 g/mol. The van der Waals surface area contributed by atoms with Crippen LogP contribution >= 0.6 is 10.7 Å². The Morgan fingerprint density at radius 2 is 2.27 bits per heavy atom. The highest BCUT2D eigenvalue weighted by atomic mass is 35.7. The molecule has 0 unspecified atom stereocenters. The normalized spacial score (nSPS) is 12.1.